The number of benzene rings is 1. The van der Waals surface area contributed by atoms with Crippen LogP contribution in [0.15, 0.2) is 18.2 Å². The Balaban J connectivity index is 0.00000529. The van der Waals surface area contributed by atoms with E-state index in [-0.39, 0.29) is 29.3 Å². The molecular formula is C16H23Cl3N2O3. The summed E-state index contributed by atoms with van der Waals surface area (Å²) >= 11 is 11.9. The van der Waals surface area contributed by atoms with Crippen molar-refractivity contribution in [2.75, 3.05) is 12.0 Å². The number of carbonyl (C=O) groups excluding carboxylic acids is 2. The van der Waals surface area contributed by atoms with Gasteiger partial charge in [-0.3, -0.25) is 9.69 Å². The van der Waals surface area contributed by atoms with Crippen molar-refractivity contribution in [1.82, 2.24) is 0 Å². The van der Waals surface area contributed by atoms with Gasteiger partial charge in [0, 0.05) is 5.69 Å². The second-order valence-corrected chi connectivity index (χ2v) is 6.56. The first-order valence-corrected chi connectivity index (χ1v) is 8.06. The van der Waals surface area contributed by atoms with E-state index in [4.69, 9.17) is 33.7 Å². The zero-order valence-electron chi connectivity index (χ0n) is 14.1. The molecule has 0 aliphatic heterocycles. The highest BCUT2D eigenvalue weighted by molar-refractivity contribution is 6.42. The van der Waals surface area contributed by atoms with Crippen LogP contribution < -0.4 is 10.6 Å². The number of nitrogens with two attached hydrogens (primary N) is 1. The van der Waals surface area contributed by atoms with Gasteiger partial charge in [0.1, 0.15) is 6.04 Å². The summed E-state index contributed by atoms with van der Waals surface area (Å²) in [5.74, 6) is -0.658. The summed E-state index contributed by atoms with van der Waals surface area (Å²) in [6, 6.07) is 3.16. The van der Waals surface area contributed by atoms with E-state index >= 15 is 0 Å². The van der Waals surface area contributed by atoms with Crippen LogP contribution in [0.3, 0.4) is 0 Å². The number of rotatable bonds is 6. The van der Waals surface area contributed by atoms with Gasteiger partial charge >= 0.3 is 5.97 Å². The van der Waals surface area contributed by atoms with Gasteiger partial charge < -0.3 is 10.5 Å². The number of amides is 1. The zero-order valence-corrected chi connectivity index (χ0v) is 16.4. The zero-order chi connectivity index (χ0) is 17.7. The molecule has 2 atom stereocenters. The molecule has 0 bridgehead atoms. The number of halogens is 3. The monoisotopic (exact) mass is 396 g/mol. The molecular weight excluding hydrogens is 375 g/mol. The van der Waals surface area contributed by atoms with Crippen molar-refractivity contribution >= 4 is 53.2 Å². The third-order valence-electron chi connectivity index (χ3n) is 3.39. The molecule has 0 heterocycles. The fraction of sp³-hybridized carbons (Fsp3) is 0.500. The fourth-order valence-electron chi connectivity index (χ4n) is 2.24. The molecule has 0 aliphatic rings. The number of anilines is 1. The second kappa shape index (κ2) is 10.1. The average molecular weight is 398 g/mol. The molecule has 1 amide bonds. The van der Waals surface area contributed by atoms with Gasteiger partial charge in [-0.1, -0.05) is 37.0 Å². The van der Waals surface area contributed by atoms with Crippen LogP contribution in [0.5, 0.6) is 0 Å². The normalized spacial score (nSPS) is 13.0. The van der Waals surface area contributed by atoms with Gasteiger partial charge in [0.25, 0.3) is 0 Å². The van der Waals surface area contributed by atoms with E-state index in [1.54, 1.807) is 19.1 Å². The van der Waals surface area contributed by atoms with Crippen LogP contribution in [0.4, 0.5) is 5.69 Å². The van der Waals surface area contributed by atoms with Gasteiger partial charge in [-0.15, -0.1) is 12.4 Å². The fourth-order valence-corrected chi connectivity index (χ4v) is 2.53. The Hall–Kier alpha value is -1.01. The standard InChI is InChI=1S/C16H22Cl2N2O3.ClH/c1-9(2)7-14(19)15(21)20(10(3)16(22)23-4)11-5-6-12(17)13(18)8-11;/h5-6,8-10,14H,7,19H2,1-4H3;1H/t10-,14-;/m0./s1. The van der Waals surface area contributed by atoms with Crippen molar-refractivity contribution in [1.29, 1.82) is 0 Å². The molecule has 0 aliphatic carbocycles. The quantitative estimate of drug-likeness (QED) is 0.743. The summed E-state index contributed by atoms with van der Waals surface area (Å²) in [7, 11) is 1.27. The van der Waals surface area contributed by atoms with E-state index in [1.165, 1.54) is 18.1 Å². The Bertz CT molecular complexity index is 582. The molecule has 136 valence electrons. The predicted molar refractivity (Wildman–Crippen MR) is 100 cm³/mol. The van der Waals surface area contributed by atoms with Gasteiger partial charge in [-0.25, -0.2) is 4.79 Å². The first kappa shape index (κ1) is 23.0. The Kier molecular flexibility index (Phi) is 9.66. The van der Waals surface area contributed by atoms with Gasteiger partial charge in [0.2, 0.25) is 5.91 Å². The van der Waals surface area contributed by atoms with Crippen LogP contribution in [-0.2, 0) is 14.3 Å². The number of esters is 1. The van der Waals surface area contributed by atoms with E-state index in [0.717, 1.165) is 0 Å². The molecule has 0 unspecified atom stereocenters. The first-order chi connectivity index (χ1) is 10.7. The number of hydrogen-bond acceptors (Lipinski definition) is 4. The average Bonchev–Trinajstić information content (AvgIpc) is 2.49. The molecule has 1 aromatic rings. The third kappa shape index (κ3) is 5.81. The Morgan fingerprint density at radius 2 is 1.79 bits per heavy atom. The lowest BCUT2D eigenvalue weighted by atomic mass is 10.0. The van der Waals surface area contributed by atoms with E-state index < -0.39 is 18.1 Å². The van der Waals surface area contributed by atoms with Crippen molar-refractivity contribution < 1.29 is 14.3 Å². The lowest BCUT2D eigenvalue weighted by Crippen LogP contribution is -2.51. The molecule has 5 nitrogen and oxygen atoms in total. The molecule has 24 heavy (non-hydrogen) atoms. The smallest absolute Gasteiger partial charge is 0.328 e. The molecule has 0 saturated carbocycles. The van der Waals surface area contributed by atoms with Crippen LogP contribution in [0.25, 0.3) is 0 Å². The van der Waals surface area contributed by atoms with Crippen LogP contribution in [0.1, 0.15) is 27.2 Å². The van der Waals surface area contributed by atoms with Gasteiger partial charge in [0.05, 0.1) is 23.2 Å². The highest BCUT2D eigenvalue weighted by Crippen LogP contribution is 2.29. The summed E-state index contributed by atoms with van der Waals surface area (Å²) in [5, 5.41) is 0.650. The van der Waals surface area contributed by atoms with Gasteiger partial charge in [-0.05, 0) is 37.5 Å². The second-order valence-electron chi connectivity index (χ2n) is 5.74. The van der Waals surface area contributed by atoms with E-state index in [2.05, 4.69) is 0 Å². The van der Waals surface area contributed by atoms with E-state index in [0.29, 0.717) is 17.1 Å². The maximum absolute atomic E-state index is 12.8. The lowest BCUT2D eigenvalue weighted by molar-refractivity contribution is -0.143. The third-order valence-corrected chi connectivity index (χ3v) is 4.13. The minimum Gasteiger partial charge on any atom is -0.467 e. The SMILES string of the molecule is COC(=O)[C@H](C)N(C(=O)[C@@H](N)CC(C)C)c1ccc(Cl)c(Cl)c1.Cl. The highest BCUT2D eigenvalue weighted by Gasteiger charge is 2.31. The van der Waals surface area contributed by atoms with Gasteiger partial charge in [-0.2, -0.15) is 0 Å². The van der Waals surface area contributed by atoms with Crippen molar-refractivity contribution in [2.45, 2.75) is 39.3 Å². The van der Waals surface area contributed by atoms with Crippen LogP contribution >= 0.6 is 35.6 Å². The molecule has 1 rings (SSSR count). The summed E-state index contributed by atoms with van der Waals surface area (Å²) in [5.41, 5.74) is 6.45. The molecule has 0 fully saturated rings. The number of carbonyl (C=O) groups is 2. The molecule has 0 radical (unpaired) electrons. The Labute approximate surface area is 158 Å². The number of nitrogens with zero attached hydrogens (tertiary/aromatic N) is 1. The van der Waals surface area contributed by atoms with Crippen LogP contribution in [0, 0.1) is 5.92 Å². The topological polar surface area (TPSA) is 72.6 Å². The maximum atomic E-state index is 12.8. The molecule has 1 aromatic carbocycles. The molecule has 2 N–H and O–H groups in total. The maximum Gasteiger partial charge on any atom is 0.328 e. The molecule has 0 aromatic heterocycles. The predicted octanol–water partition coefficient (Wildman–Crippen LogP) is 3.68. The Morgan fingerprint density at radius 3 is 2.25 bits per heavy atom. The molecule has 0 spiro atoms. The minimum atomic E-state index is -0.831. The van der Waals surface area contributed by atoms with Crippen molar-refractivity contribution in [3.63, 3.8) is 0 Å². The van der Waals surface area contributed by atoms with Crippen LogP contribution in [0.2, 0.25) is 10.0 Å². The number of methoxy groups -OCH3 is 1. The van der Waals surface area contributed by atoms with Crippen molar-refractivity contribution in [3.8, 4) is 0 Å². The first-order valence-electron chi connectivity index (χ1n) is 7.30. The highest BCUT2D eigenvalue weighted by atomic mass is 35.5. The van der Waals surface area contributed by atoms with Crippen molar-refractivity contribution in [3.05, 3.63) is 28.2 Å². The summed E-state index contributed by atoms with van der Waals surface area (Å²) in [4.78, 5) is 26.0. The molecule has 8 heteroatoms. The summed E-state index contributed by atoms with van der Waals surface area (Å²) in [6.07, 6.45) is 0.505. The van der Waals surface area contributed by atoms with E-state index in [1.807, 2.05) is 13.8 Å². The largest absolute Gasteiger partial charge is 0.467 e. The van der Waals surface area contributed by atoms with Gasteiger partial charge in [0.15, 0.2) is 0 Å². The van der Waals surface area contributed by atoms with E-state index in [9.17, 15) is 9.59 Å². The van der Waals surface area contributed by atoms with Crippen molar-refractivity contribution in [2.24, 2.45) is 11.7 Å². The lowest BCUT2D eigenvalue weighted by Gasteiger charge is -2.30. The minimum absolute atomic E-state index is 0. The number of ether oxygens (including phenoxy) is 1. The summed E-state index contributed by atoms with van der Waals surface area (Å²) < 4.78 is 4.75. The molecule has 0 saturated heterocycles. The van der Waals surface area contributed by atoms with Crippen LogP contribution in [-0.4, -0.2) is 31.1 Å². The summed E-state index contributed by atoms with van der Waals surface area (Å²) in [6.45, 7) is 5.52. The Morgan fingerprint density at radius 1 is 1.21 bits per heavy atom. The number of hydrogen-bond donors (Lipinski definition) is 1.